The van der Waals surface area contributed by atoms with Gasteiger partial charge in [0.05, 0.1) is 6.04 Å². The van der Waals surface area contributed by atoms with Gasteiger partial charge in [-0.1, -0.05) is 5.92 Å². The first-order valence-corrected chi connectivity index (χ1v) is 1.82. The van der Waals surface area contributed by atoms with E-state index in [1.807, 2.05) is 0 Å². The van der Waals surface area contributed by atoms with Crippen molar-refractivity contribution in [3.05, 3.63) is 0 Å². The molecular weight excluding hydrogens is 126 g/mol. The van der Waals surface area contributed by atoms with E-state index < -0.39 is 0 Å². The van der Waals surface area contributed by atoms with Crippen molar-refractivity contribution in [2.45, 2.75) is 13.0 Å². The fraction of sp³-hybridized carbons (Fsp3) is 0.500. The highest BCUT2D eigenvalue weighted by Crippen LogP contribution is 1.59. The van der Waals surface area contributed by atoms with E-state index in [0.717, 1.165) is 0 Å². The molecule has 0 radical (unpaired) electrons. The molecule has 0 amide bonds. The van der Waals surface area contributed by atoms with E-state index in [9.17, 15) is 0 Å². The van der Waals surface area contributed by atoms with E-state index in [4.69, 9.17) is 12.2 Å². The molecule has 0 spiro atoms. The quantitative estimate of drug-likeness (QED) is 0.233. The van der Waals surface area contributed by atoms with Crippen molar-refractivity contribution in [3.63, 3.8) is 0 Å². The lowest BCUT2D eigenvalue weighted by atomic mass is 10.4. The summed E-state index contributed by atoms with van der Waals surface area (Å²) < 4.78 is 0. The van der Waals surface area contributed by atoms with E-state index in [1.165, 1.54) is 0 Å². The van der Waals surface area contributed by atoms with Gasteiger partial charge in [0, 0.05) is 0 Å². The molecule has 0 aromatic rings. The van der Waals surface area contributed by atoms with Crippen molar-refractivity contribution in [2.75, 3.05) is 0 Å². The Labute approximate surface area is 56.0 Å². The van der Waals surface area contributed by atoms with Gasteiger partial charge in [-0.25, -0.2) is 0 Å². The third-order valence-corrected chi connectivity index (χ3v) is 0.263. The molecule has 6 N–H and O–H groups in total. The predicted octanol–water partition coefficient (Wildman–Crippen LogP) is -0.793. The second kappa shape index (κ2) is 15.9. The van der Waals surface area contributed by atoms with Crippen LogP contribution in [0.15, 0.2) is 0 Å². The zero-order chi connectivity index (χ0) is 6.28. The summed E-state index contributed by atoms with van der Waals surface area (Å²) >= 11 is 0. The monoisotopic (exact) mass is 137 g/mol. The molecule has 50 valence electrons. The van der Waals surface area contributed by atoms with Gasteiger partial charge in [0.15, 0.2) is 0 Å². The third-order valence-electron chi connectivity index (χ3n) is 0.263. The Hall–Kier alpha value is -0.270. The van der Waals surface area contributed by atoms with Crippen molar-refractivity contribution < 1.29 is 0 Å². The van der Waals surface area contributed by atoms with Crippen LogP contribution in [0.1, 0.15) is 6.92 Å². The van der Waals surface area contributed by atoms with Crippen LogP contribution in [0.2, 0.25) is 0 Å². The molecule has 8 heavy (non-hydrogen) atoms. The SMILES string of the molecule is C#CC(C)N.Cl.NN. The van der Waals surface area contributed by atoms with Crippen LogP contribution in [-0.4, -0.2) is 6.04 Å². The van der Waals surface area contributed by atoms with Gasteiger partial charge in [-0.3, -0.25) is 11.7 Å². The van der Waals surface area contributed by atoms with Crippen molar-refractivity contribution in [1.82, 2.24) is 0 Å². The first kappa shape index (κ1) is 15.6. The third kappa shape index (κ3) is 42.8. The Bertz CT molecular complexity index is 56.8. The maximum Gasteiger partial charge on any atom is 0.0633 e. The lowest BCUT2D eigenvalue weighted by Gasteiger charge is -1.82. The highest BCUT2D eigenvalue weighted by atomic mass is 35.5. The number of hydrazine groups is 1. The van der Waals surface area contributed by atoms with Gasteiger partial charge >= 0.3 is 0 Å². The average molecular weight is 138 g/mol. The Morgan fingerprint density at radius 1 is 1.50 bits per heavy atom. The summed E-state index contributed by atoms with van der Waals surface area (Å²) in [5.41, 5.74) is 5.06. The Kier molecular flexibility index (Phi) is 31.1. The fourth-order valence-corrected chi connectivity index (χ4v) is 0. The number of halogens is 1. The smallest absolute Gasteiger partial charge is 0.0633 e. The molecule has 3 nitrogen and oxygen atoms in total. The molecule has 0 fully saturated rings. The largest absolute Gasteiger partial charge is 0.318 e. The summed E-state index contributed by atoms with van der Waals surface area (Å²) in [5, 5.41) is 0. The van der Waals surface area contributed by atoms with Crippen molar-refractivity contribution in [2.24, 2.45) is 17.4 Å². The molecule has 0 rings (SSSR count). The zero-order valence-corrected chi connectivity index (χ0v) is 5.61. The summed E-state index contributed by atoms with van der Waals surface area (Å²) in [4.78, 5) is 0. The molecule has 0 heterocycles. The topological polar surface area (TPSA) is 78.1 Å². The van der Waals surface area contributed by atoms with Crippen LogP contribution < -0.4 is 17.4 Å². The van der Waals surface area contributed by atoms with Crippen molar-refractivity contribution in [1.29, 1.82) is 0 Å². The molecule has 4 heteroatoms. The van der Waals surface area contributed by atoms with E-state index in [2.05, 4.69) is 17.6 Å². The van der Waals surface area contributed by atoms with Gasteiger partial charge in [-0.05, 0) is 6.92 Å². The second-order valence-corrected chi connectivity index (χ2v) is 0.955. The van der Waals surface area contributed by atoms with Crippen LogP contribution in [0.25, 0.3) is 0 Å². The highest BCUT2D eigenvalue weighted by Gasteiger charge is 1.73. The molecule has 0 bridgehead atoms. The minimum Gasteiger partial charge on any atom is -0.318 e. The summed E-state index contributed by atoms with van der Waals surface area (Å²) in [6.07, 6.45) is 4.80. The number of nitrogens with two attached hydrogens (primary N) is 3. The van der Waals surface area contributed by atoms with Gasteiger partial charge in [-0.2, -0.15) is 0 Å². The van der Waals surface area contributed by atoms with Crippen molar-refractivity contribution >= 4 is 12.4 Å². The Morgan fingerprint density at radius 3 is 1.62 bits per heavy atom. The summed E-state index contributed by atoms with van der Waals surface area (Å²) in [7, 11) is 0. The van der Waals surface area contributed by atoms with Crippen LogP contribution in [0.3, 0.4) is 0 Å². The molecule has 0 aliphatic carbocycles. The first-order chi connectivity index (χ1) is 3.27. The summed E-state index contributed by atoms with van der Waals surface area (Å²) in [6, 6.07) is -0.0880. The van der Waals surface area contributed by atoms with E-state index >= 15 is 0 Å². The standard InChI is InChI=1S/C4H7N.ClH.H4N2/c1-3-4(2)5;;1-2/h1,4H,5H2,2H3;1H;1-2H2. The molecule has 1 atom stereocenters. The van der Waals surface area contributed by atoms with Gasteiger partial charge in [-0.15, -0.1) is 18.8 Å². The van der Waals surface area contributed by atoms with Crippen LogP contribution in [0, 0.1) is 12.3 Å². The van der Waals surface area contributed by atoms with E-state index in [1.54, 1.807) is 6.92 Å². The van der Waals surface area contributed by atoms with Gasteiger partial charge < -0.3 is 5.73 Å². The lowest BCUT2D eigenvalue weighted by Crippen LogP contribution is -2.10. The molecular formula is C4H12ClN3. The Balaban J connectivity index is -0.0000000750. The molecule has 0 aromatic heterocycles. The first-order valence-electron chi connectivity index (χ1n) is 1.82. The van der Waals surface area contributed by atoms with Crippen LogP contribution in [0.5, 0.6) is 0 Å². The molecule has 1 unspecified atom stereocenters. The zero-order valence-electron chi connectivity index (χ0n) is 4.79. The maximum absolute atomic E-state index is 5.06. The normalized spacial score (nSPS) is 8.88. The van der Waals surface area contributed by atoms with E-state index in [0.29, 0.717) is 0 Å². The minimum atomic E-state index is -0.0880. The fourth-order valence-electron chi connectivity index (χ4n) is 0. The predicted molar refractivity (Wildman–Crippen MR) is 38.1 cm³/mol. The molecule has 0 aliphatic heterocycles. The van der Waals surface area contributed by atoms with Gasteiger partial charge in [0.2, 0.25) is 0 Å². The summed E-state index contributed by atoms with van der Waals surface area (Å²) in [6.45, 7) is 1.76. The number of rotatable bonds is 0. The minimum absolute atomic E-state index is 0. The molecule has 0 aliphatic rings. The Morgan fingerprint density at radius 2 is 1.62 bits per heavy atom. The highest BCUT2D eigenvalue weighted by molar-refractivity contribution is 5.85. The average Bonchev–Trinajstić information content (AvgIpc) is 1.73. The van der Waals surface area contributed by atoms with Crippen molar-refractivity contribution in [3.8, 4) is 12.3 Å². The molecule has 0 saturated heterocycles. The molecule has 0 aromatic carbocycles. The number of hydrogen-bond acceptors (Lipinski definition) is 3. The van der Waals surface area contributed by atoms with Gasteiger partial charge in [0.1, 0.15) is 0 Å². The lowest BCUT2D eigenvalue weighted by molar-refractivity contribution is 0.961. The number of hydrogen-bond donors (Lipinski definition) is 3. The maximum atomic E-state index is 5.06. The van der Waals surface area contributed by atoms with Gasteiger partial charge in [0.25, 0.3) is 0 Å². The van der Waals surface area contributed by atoms with E-state index in [-0.39, 0.29) is 18.4 Å². The summed E-state index contributed by atoms with van der Waals surface area (Å²) in [5.74, 6) is 10.3. The second-order valence-electron chi connectivity index (χ2n) is 0.955. The van der Waals surface area contributed by atoms with Crippen LogP contribution >= 0.6 is 12.4 Å². The number of terminal acetylenes is 1. The molecule has 0 saturated carbocycles. The van der Waals surface area contributed by atoms with Crippen LogP contribution in [0.4, 0.5) is 0 Å². The van der Waals surface area contributed by atoms with Crippen LogP contribution in [-0.2, 0) is 0 Å².